The van der Waals surface area contributed by atoms with Gasteiger partial charge in [0.2, 0.25) is 5.91 Å². The van der Waals surface area contributed by atoms with Crippen LogP contribution >= 0.6 is 0 Å². The molecule has 1 aromatic heterocycles. The maximum atomic E-state index is 12.2. The molecule has 5 nitrogen and oxygen atoms in total. The molecule has 25 heavy (non-hydrogen) atoms. The Kier molecular flexibility index (Phi) is 4.90. The second-order valence-corrected chi connectivity index (χ2v) is 7.97. The van der Waals surface area contributed by atoms with Crippen molar-refractivity contribution in [2.24, 2.45) is 0 Å². The lowest BCUT2D eigenvalue weighted by molar-refractivity contribution is -0.121. The van der Waals surface area contributed by atoms with Crippen LogP contribution in [0.25, 0.3) is 11.0 Å². The number of hydrogen-bond donors (Lipinski definition) is 1. The number of hydrogen-bond acceptors (Lipinski definition) is 4. The van der Waals surface area contributed by atoms with Crippen LogP contribution < -0.4 is 5.32 Å². The van der Waals surface area contributed by atoms with E-state index < -0.39 is 9.84 Å². The minimum Gasteiger partial charge on any atom is -0.459 e. The zero-order valence-corrected chi connectivity index (χ0v) is 14.6. The van der Waals surface area contributed by atoms with Crippen molar-refractivity contribution in [2.45, 2.75) is 24.3 Å². The minimum atomic E-state index is -3.46. The van der Waals surface area contributed by atoms with Crippen molar-refractivity contribution in [3.63, 3.8) is 0 Å². The zero-order valence-electron chi connectivity index (χ0n) is 13.8. The summed E-state index contributed by atoms with van der Waals surface area (Å²) < 4.78 is 30.1. The van der Waals surface area contributed by atoms with Crippen molar-refractivity contribution in [3.8, 4) is 0 Å². The second-order valence-electron chi connectivity index (χ2n) is 5.86. The summed E-state index contributed by atoms with van der Waals surface area (Å²) in [6, 6.07) is 17.3. The van der Waals surface area contributed by atoms with Gasteiger partial charge in [-0.3, -0.25) is 4.79 Å². The summed E-state index contributed by atoms with van der Waals surface area (Å²) in [6.07, 6.45) is -0.0954. The van der Waals surface area contributed by atoms with Gasteiger partial charge in [0.15, 0.2) is 9.84 Å². The Morgan fingerprint density at radius 1 is 1.08 bits per heavy atom. The molecular formula is C19H19NO4S. The van der Waals surface area contributed by atoms with E-state index in [2.05, 4.69) is 5.32 Å². The maximum Gasteiger partial charge on any atom is 0.221 e. The normalized spacial score (nSPS) is 12.8. The Morgan fingerprint density at radius 2 is 1.76 bits per heavy atom. The SMILES string of the molecule is C[C@@H](NC(=O)CCS(=O)(=O)c1ccccc1)c1cc2ccccc2o1. The molecule has 0 spiro atoms. The molecule has 0 saturated heterocycles. The maximum absolute atomic E-state index is 12.2. The van der Waals surface area contributed by atoms with E-state index in [0.29, 0.717) is 5.76 Å². The molecule has 0 bridgehead atoms. The topological polar surface area (TPSA) is 76.4 Å². The molecule has 0 saturated carbocycles. The van der Waals surface area contributed by atoms with E-state index in [1.807, 2.05) is 30.3 Å². The molecule has 1 atom stereocenters. The largest absolute Gasteiger partial charge is 0.459 e. The Morgan fingerprint density at radius 3 is 2.48 bits per heavy atom. The van der Waals surface area contributed by atoms with Gasteiger partial charge in [0.1, 0.15) is 11.3 Å². The summed E-state index contributed by atoms with van der Waals surface area (Å²) >= 11 is 0. The zero-order chi connectivity index (χ0) is 17.9. The number of sulfone groups is 1. The van der Waals surface area contributed by atoms with Crippen molar-refractivity contribution in [1.82, 2.24) is 5.32 Å². The molecule has 3 rings (SSSR count). The standard InChI is InChI=1S/C19H19NO4S/c1-14(18-13-15-7-5-6-10-17(15)24-18)20-19(21)11-12-25(22,23)16-8-3-2-4-9-16/h2-10,13-14H,11-12H2,1H3,(H,20,21)/t14-/m1/s1. The summed E-state index contributed by atoms with van der Waals surface area (Å²) in [4.78, 5) is 12.3. The van der Waals surface area contributed by atoms with Crippen LogP contribution in [0.15, 0.2) is 70.0 Å². The average molecular weight is 357 g/mol. The fourth-order valence-electron chi connectivity index (χ4n) is 2.57. The molecule has 1 heterocycles. The van der Waals surface area contributed by atoms with E-state index >= 15 is 0 Å². The highest BCUT2D eigenvalue weighted by molar-refractivity contribution is 7.91. The van der Waals surface area contributed by atoms with Gasteiger partial charge in [-0.2, -0.15) is 0 Å². The lowest BCUT2D eigenvalue weighted by atomic mass is 10.2. The summed E-state index contributed by atoms with van der Waals surface area (Å²) in [5, 5.41) is 3.75. The summed E-state index contributed by atoms with van der Waals surface area (Å²) in [7, 11) is -3.46. The number of nitrogens with one attached hydrogen (secondary N) is 1. The van der Waals surface area contributed by atoms with Gasteiger partial charge in [0.05, 0.1) is 16.7 Å². The number of carbonyl (C=O) groups excluding carboxylic acids is 1. The lowest BCUT2D eigenvalue weighted by Gasteiger charge is -2.11. The Bertz CT molecular complexity index is 944. The predicted octanol–water partition coefficient (Wildman–Crippen LogP) is 3.47. The number of rotatable bonds is 6. The number of furan rings is 1. The Labute approximate surface area is 146 Å². The third-order valence-electron chi connectivity index (χ3n) is 3.95. The van der Waals surface area contributed by atoms with Crippen LogP contribution in [0.4, 0.5) is 0 Å². The first kappa shape index (κ1) is 17.2. The van der Waals surface area contributed by atoms with Crippen molar-refractivity contribution in [2.75, 3.05) is 5.75 Å². The average Bonchev–Trinajstić information content (AvgIpc) is 3.05. The molecule has 0 aliphatic heterocycles. The smallest absolute Gasteiger partial charge is 0.221 e. The van der Waals surface area contributed by atoms with Gasteiger partial charge in [0.25, 0.3) is 0 Å². The van der Waals surface area contributed by atoms with Gasteiger partial charge in [-0.05, 0) is 31.2 Å². The minimum absolute atomic E-state index is 0.0954. The third kappa shape index (κ3) is 4.09. The number of benzene rings is 2. The monoisotopic (exact) mass is 357 g/mol. The van der Waals surface area contributed by atoms with Gasteiger partial charge in [0, 0.05) is 11.8 Å². The first-order chi connectivity index (χ1) is 12.0. The summed E-state index contributed by atoms with van der Waals surface area (Å²) in [6.45, 7) is 1.81. The molecule has 0 fully saturated rings. The number of carbonyl (C=O) groups is 1. The van der Waals surface area contributed by atoms with E-state index in [1.54, 1.807) is 25.1 Å². The predicted molar refractivity (Wildman–Crippen MR) is 95.9 cm³/mol. The van der Waals surface area contributed by atoms with Crippen LogP contribution in [0.3, 0.4) is 0 Å². The molecule has 3 aromatic rings. The van der Waals surface area contributed by atoms with Gasteiger partial charge in [-0.25, -0.2) is 8.42 Å². The van der Waals surface area contributed by atoms with E-state index in [1.165, 1.54) is 12.1 Å². The fraction of sp³-hybridized carbons (Fsp3) is 0.211. The van der Waals surface area contributed by atoms with Gasteiger partial charge in [-0.15, -0.1) is 0 Å². The third-order valence-corrected chi connectivity index (χ3v) is 5.68. The van der Waals surface area contributed by atoms with E-state index in [4.69, 9.17) is 4.42 Å². The van der Waals surface area contributed by atoms with Crippen LogP contribution in [-0.2, 0) is 14.6 Å². The second kappa shape index (κ2) is 7.11. The highest BCUT2D eigenvalue weighted by Crippen LogP contribution is 2.23. The molecular weight excluding hydrogens is 338 g/mol. The van der Waals surface area contributed by atoms with Gasteiger partial charge in [-0.1, -0.05) is 36.4 Å². The van der Waals surface area contributed by atoms with Crippen LogP contribution in [-0.4, -0.2) is 20.1 Å². The fourth-order valence-corrected chi connectivity index (χ4v) is 3.83. The number of amides is 1. The van der Waals surface area contributed by atoms with E-state index in [-0.39, 0.29) is 29.0 Å². The Balaban J connectivity index is 1.60. The van der Waals surface area contributed by atoms with E-state index in [9.17, 15) is 13.2 Å². The van der Waals surface area contributed by atoms with Crippen molar-refractivity contribution < 1.29 is 17.6 Å². The molecule has 1 amide bonds. The van der Waals surface area contributed by atoms with Crippen LogP contribution in [0.5, 0.6) is 0 Å². The van der Waals surface area contributed by atoms with Gasteiger partial charge < -0.3 is 9.73 Å². The molecule has 0 aliphatic carbocycles. The molecule has 6 heteroatoms. The van der Waals surface area contributed by atoms with E-state index in [0.717, 1.165) is 11.0 Å². The highest BCUT2D eigenvalue weighted by Gasteiger charge is 2.18. The van der Waals surface area contributed by atoms with Crippen LogP contribution in [0.1, 0.15) is 25.1 Å². The Hall–Kier alpha value is -2.60. The quantitative estimate of drug-likeness (QED) is 0.733. The highest BCUT2D eigenvalue weighted by atomic mass is 32.2. The van der Waals surface area contributed by atoms with Crippen molar-refractivity contribution >= 4 is 26.7 Å². The van der Waals surface area contributed by atoms with Crippen LogP contribution in [0.2, 0.25) is 0 Å². The van der Waals surface area contributed by atoms with Crippen molar-refractivity contribution in [3.05, 3.63) is 66.4 Å². The first-order valence-electron chi connectivity index (χ1n) is 8.01. The molecule has 2 aromatic carbocycles. The van der Waals surface area contributed by atoms with Crippen molar-refractivity contribution in [1.29, 1.82) is 0 Å². The van der Waals surface area contributed by atoms with Gasteiger partial charge >= 0.3 is 0 Å². The first-order valence-corrected chi connectivity index (χ1v) is 9.66. The summed E-state index contributed by atoms with van der Waals surface area (Å²) in [5.41, 5.74) is 0.755. The van der Waals surface area contributed by atoms with Crippen LogP contribution in [0, 0.1) is 0 Å². The molecule has 0 unspecified atom stereocenters. The molecule has 0 aliphatic rings. The summed E-state index contributed by atoms with van der Waals surface area (Å²) in [5.74, 6) is 0.0864. The number of fused-ring (bicyclic) bond motifs is 1. The molecule has 1 N–H and O–H groups in total. The molecule has 0 radical (unpaired) electrons. The molecule has 130 valence electrons. The number of para-hydroxylation sites is 1. The lowest BCUT2D eigenvalue weighted by Crippen LogP contribution is -2.28.